The summed E-state index contributed by atoms with van der Waals surface area (Å²) in [6.45, 7) is 1.22. The van der Waals surface area contributed by atoms with E-state index in [1.165, 1.54) is 4.90 Å². The van der Waals surface area contributed by atoms with Crippen LogP contribution in [0.15, 0.2) is 28.3 Å². The van der Waals surface area contributed by atoms with E-state index in [9.17, 15) is 4.79 Å². The van der Waals surface area contributed by atoms with Crippen molar-refractivity contribution >= 4 is 40.6 Å². The van der Waals surface area contributed by atoms with E-state index in [0.717, 1.165) is 19.4 Å². The summed E-state index contributed by atoms with van der Waals surface area (Å²) in [5, 5.41) is 0.800. The minimum absolute atomic E-state index is 0.0561. The van der Waals surface area contributed by atoms with Gasteiger partial charge in [-0.2, -0.15) is 0 Å². The van der Waals surface area contributed by atoms with E-state index in [2.05, 4.69) is 4.99 Å². The van der Waals surface area contributed by atoms with Crippen LogP contribution in [0.1, 0.15) is 12.8 Å². The molecular formula is C13H13ClN2O2S. The number of ether oxygens (including phenoxy) is 1. The molecule has 2 aliphatic heterocycles. The molecule has 0 saturated carbocycles. The van der Waals surface area contributed by atoms with Crippen molar-refractivity contribution in [3.63, 3.8) is 0 Å². The molecule has 1 fully saturated rings. The quantitative estimate of drug-likeness (QED) is 0.732. The SMILES string of the molecule is O=C1C2C(Cl)=CC=CC2=NC(=S)N1CC1CCCO1. The van der Waals surface area contributed by atoms with Gasteiger partial charge in [-0.05, 0) is 37.2 Å². The fourth-order valence-electron chi connectivity index (χ4n) is 2.50. The van der Waals surface area contributed by atoms with Crippen LogP contribution in [0.2, 0.25) is 0 Å². The minimum atomic E-state index is -0.500. The highest BCUT2D eigenvalue weighted by Gasteiger charge is 2.38. The number of carbonyl (C=O) groups is 1. The number of hydrogen-bond donors (Lipinski definition) is 0. The van der Waals surface area contributed by atoms with Crippen LogP contribution in [-0.4, -0.2) is 40.9 Å². The van der Waals surface area contributed by atoms with Gasteiger partial charge >= 0.3 is 0 Å². The van der Waals surface area contributed by atoms with E-state index in [1.54, 1.807) is 18.2 Å². The van der Waals surface area contributed by atoms with Gasteiger partial charge < -0.3 is 4.74 Å². The number of rotatable bonds is 2. The van der Waals surface area contributed by atoms with Crippen molar-refractivity contribution in [3.05, 3.63) is 23.3 Å². The molecular weight excluding hydrogens is 284 g/mol. The molecule has 2 atom stereocenters. The Hall–Kier alpha value is -1.04. The summed E-state index contributed by atoms with van der Waals surface area (Å²) in [4.78, 5) is 18.3. The molecule has 0 N–H and O–H groups in total. The molecule has 0 spiro atoms. The first kappa shape index (κ1) is 13.0. The lowest BCUT2D eigenvalue weighted by Crippen LogP contribution is -2.49. The third-order valence-corrected chi connectivity index (χ3v) is 4.13. The second kappa shape index (κ2) is 5.15. The molecule has 1 aliphatic carbocycles. The van der Waals surface area contributed by atoms with Gasteiger partial charge in [-0.25, -0.2) is 4.99 Å². The molecule has 19 heavy (non-hydrogen) atoms. The number of nitrogens with zero attached hydrogens (tertiary/aromatic N) is 2. The van der Waals surface area contributed by atoms with E-state index in [-0.39, 0.29) is 12.0 Å². The smallest absolute Gasteiger partial charge is 0.243 e. The number of fused-ring (bicyclic) bond motifs is 1. The van der Waals surface area contributed by atoms with Gasteiger partial charge in [-0.1, -0.05) is 17.7 Å². The Morgan fingerprint density at radius 3 is 3.16 bits per heavy atom. The van der Waals surface area contributed by atoms with E-state index in [1.807, 2.05) is 0 Å². The summed E-state index contributed by atoms with van der Waals surface area (Å²) in [6, 6.07) is 0. The lowest BCUT2D eigenvalue weighted by atomic mass is 9.95. The third-order valence-electron chi connectivity index (χ3n) is 3.47. The molecule has 0 aromatic carbocycles. The van der Waals surface area contributed by atoms with Crippen LogP contribution in [0.25, 0.3) is 0 Å². The number of carbonyl (C=O) groups excluding carboxylic acids is 1. The van der Waals surface area contributed by atoms with Crippen LogP contribution in [0.5, 0.6) is 0 Å². The van der Waals surface area contributed by atoms with Gasteiger partial charge in [-0.15, -0.1) is 0 Å². The maximum atomic E-state index is 12.5. The molecule has 3 aliphatic rings. The van der Waals surface area contributed by atoms with Crippen LogP contribution in [0.3, 0.4) is 0 Å². The molecule has 0 radical (unpaired) electrons. The van der Waals surface area contributed by atoms with E-state index < -0.39 is 5.92 Å². The Bertz CT molecular complexity index is 521. The monoisotopic (exact) mass is 296 g/mol. The first-order valence-corrected chi connectivity index (χ1v) is 7.05. The number of aliphatic imine (C=N–C) groups is 1. The zero-order chi connectivity index (χ0) is 13.4. The predicted octanol–water partition coefficient (Wildman–Crippen LogP) is 2.04. The molecule has 2 heterocycles. The van der Waals surface area contributed by atoms with Crippen molar-refractivity contribution in [1.29, 1.82) is 0 Å². The summed E-state index contributed by atoms with van der Waals surface area (Å²) >= 11 is 11.3. The second-order valence-electron chi connectivity index (χ2n) is 4.75. The van der Waals surface area contributed by atoms with Gasteiger partial charge in [-0.3, -0.25) is 9.69 Å². The van der Waals surface area contributed by atoms with Crippen LogP contribution in [0, 0.1) is 5.92 Å². The van der Waals surface area contributed by atoms with Gasteiger partial charge in [0.1, 0.15) is 5.92 Å². The molecule has 0 bridgehead atoms. The minimum Gasteiger partial charge on any atom is -0.376 e. The van der Waals surface area contributed by atoms with Gasteiger partial charge in [0.15, 0.2) is 0 Å². The third kappa shape index (κ3) is 2.38. The summed E-state index contributed by atoms with van der Waals surface area (Å²) in [5.74, 6) is -0.601. The molecule has 0 aromatic rings. The largest absolute Gasteiger partial charge is 0.376 e. The molecule has 2 unspecified atom stereocenters. The molecule has 1 saturated heterocycles. The number of amides is 1. The lowest BCUT2D eigenvalue weighted by molar-refractivity contribution is -0.129. The van der Waals surface area contributed by atoms with Gasteiger partial charge in [0.25, 0.3) is 0 Å². The van der Waals surface area contributed by atoms with Crippen molar-refractivity contribution in [1.82, 2.24) is 4.90 Å². The van der Waals surface area contributed by atoms with Crippen molar-refractivity contribution < 1.29 is 9.53 Å². The molecule has 3 rings (SSSR count). The summed E-state index contributed by atoms with van der Waals surface area (Å²) in [5.41, 5.74) is 0.631. The normalized spacial score (nSPS) is 30.3. The summed E-state index contributed by atoms with van der Waals surface area (Å²) in [7, 11) is 0. The maximum Gasteiger partial charge on any atom is 0.243 e. The molecule has 0 aromatic heterocycles. The Balaban J connectivity index is 1.85. The molecule has 100 valence electrons. The first-order valence-electron chi connectivity index (χ1n) is 6.26. The van der Waals surface area contributed by atoms with Crippen molar-refractivity contribution in [2.75, 3.05) is 13.2 Å². The first-order chi connectivity index (χ1) is 9.16. The van der Waals surface area contributed by atoms with Crippen LogP contribution in [-0.2, 0) is 9.53 Å². The van der Waals surface area contributed by atoms with E-state index >= 15 is 0 Å². The number of hydrogen-bond acceptors (Lipinski definition) is 3. The second-order valence-corrected chi connectivity index (χ2v) is 5.55. The Labute approximate surface area is 121 Å². The van der Waals surface area contributed by atoms with Gasteiger partial charge in [0.2, 0.25) is 11.0 Å². The number of allylic oxidation sites excluding steroid dienone is 3. The van der Waals surface area contributed by atoms with Crippen molar-refractivity contribution in [2.24, 2.45) is 10.9 Å². The highest BCUT2D eigenvalue weighted by molar-refractivity contribution is 7.80. The Kier molecular flexibility index (Phi) is 3.52. The van der Waals surface area contributed by atoms with Crippen molar-refractivity contribution in [3.8, 4) is 0 Å². The van der Waals surface area contributed by atoms with Crippen LogP contribution < -0.4 is 0 Å². The summed E-state index contributed by atoms with van der Waals surface area (Å²) < 4.78 is 5.55. The Morgan fingerprint density at radius 2 is 2.42 bits per heavy atom. The average Bonchev–Trinajstić information content (AvgIpc) is 2.87. The number of thiocarbonyl (C=S) groups is 1. The van der Waals surface area contributed by atoms with Gasteiger partial charge in [0, 0.05) is 11.6 Å². The highest BCUT2D eigenvalue weighted by Crippen LogP contribution is 2.28. The molecule has 1 amide bonds. The topological polar surface area (TPSA) is 41.9 Å². The number of halogens is 1. The Morgan fingerprint density at radius 1 is 1.58 bits per heavy atom. The zero-order valence-corrected chi connectivity index (χ0v) is 11.8. The lowest BCUT2D eigenvalue weighted by Gasteiger charge is -2.32. The fraction of sp³-hybridized carbons (Fsp3) is 0.462. The van der Waals surface area contributed by atoms with Gasteiger partial charge in [0.05, 0.1) is 18.4 Å². The fourth-order valence-corrected chi connectivity index (χ4v) is 3.05. The summed E-state index contributed by atoms with van der Waals surface area (Å²) in [6.07, 6.45) is 7.33. The molecule has 6 heteroatoms. The maximum absolute atomic E-state index is 12.5. The van der Waals surface area contributed by atoms with E-state index in [4.69, 9.17) is 28.6 Å². The van der Waals surface area contributed by atoms with Crippen LogP contribution >= 0.6 is 23.8 Å². The predicted molar refractivity (Wildman–Crippen MR) is 77.3 cm³/mol. The highest BCUT2D eigenvalue weighted by atomic mass is 35.5. The standard InChI is InChI=1S/C13H13ClN2O2S/c14-9-4-1-5-10-11(9)12(17)16(13(19)15-10)7-8-3-2-6-18-8/h1,4-5,8,11H,2-3,6-7H2. The average molecular weight is 297 g/mol. The molecule has 4 nitrogen and oxygen atoms in total. The van der Waals surface area contributed by atoms with Crippen molar-refractivity contribution in [2.45, 2.75) is 18.9 Å². The van der Waals surface area contributed by atoms with Crippen LogP contribution in [0.4, 0.5) is 0 Å². The zero-order valence-electron chi connectivity index (χ0n) is 10.2. The van der Waals surface area contributed by atoms with E-state index in [0.29, 0.717) is 22.4 Å².